The van der Waals surface area contributed by atoms with Crippen molar-refractivity contribution in [2.24, 2.45) is 4.99 Å². The van der Waals surface area contributed by atoms with Gasteiger partial charge in [-0.15, -0.1) is 0 Å². The SMILES string of the molecule is C=C(C)N=C/C(=C\C)C(C)=O. The average Bonchev–Trinajstić information content (AvgIpc) is 1.87. The molecule has 0 N–H and O–H groups in total. The van der Waals surface area contributed by atoms with Crippen molar-refractivity contribution in [3.63, 3.8) is 0 Å². The minimum Gasteiger partial charge on any atom is -0.294 e. The number of aliphatic imine (C=N–C) groups is 1. The van der Waals surface area contributed by atoms with E-state index in [1.54, 1.807) is 19.9 Å². The number of rotatable bonds is 3. The zero-order valence-electron chi connectivity index (χ0n) is 7.22. The summed E-state index contributed by atoms with van der Waals surface area (Å²) < 4.78 is 0. The Morgan fingerprint density at radius 3 is 2.27 bits per heavy atom. The topological polar surface area (TPSA) is 29.4 Å². The van der Waals surface area contributed by atoms with E-state index in [1.165, 1.54) is 13.1 Å². The van der Waals surface area contributed by atoms with Gasteiger partial charge in [-0.2, -0.15) is 0 Å². The minimum atomic E-state index is 0.0255. The van der Waals surface area contributed by atoms with Crippen LogP contribution in [-0.4, -0.2) is 12.0 Å². The van der Waals surface area contributed by atoms with Gasteiger partial charge in [0, 0.05) is 17.5 Å². The predicted molar refractivity (Wildman–Crippen MR) is 47.7 cm³/mol. The van der Waals surface area contributed by atoms with Gasteiger partial charge in [0.2, 0.25) is 0 Å². The molecule has 2 nitrogen and oxygen atoms in total. The highest BCUT2D eigenvalue weighted by molar-refractivity contribution is 6.12. The summed E-state index contributed by atoms with van der Waals surface area (Å²) >= 11 is 0. The summed E-state index contributed by atoms with van der Waals surface area (Å²) in [6, 6.07) is 0. The van der Waals surface area contributed by atoms with Crippen molar-refractivity contribution in [3.8, 4) is 0 Å². The molecule has 0 spiro atoms. The lowest BCUT2D eigenvalue weighted by Gasteiger charge is -1.91. The standard InChI is InChI=1S/C9H13NO/c1-5-9(8(4)11)6-10-7(2)3/h5-6H,2H2,1,3-4H3/b9-5+,10-6?. The van der Waals surface area contributed by atoms with E-state index >= 15 is 0 Å². The molecule has 2 heteroatoms. The van der Waals surface area contributed by atoms with Gasteiger partial charge in [-0.05, 0) is 20.8 Å². The molecule has 11 heavy (non-hydrogen) atoms. The first-order valence-corrected chi connectivity index (χ1v) is 3.44. The Morgan fingerprint density at radius 2 is 2.00 bits per heavy atom. The molecule has 0 saturated carbocycles. The Bertz CT molecular complexity index is 224. The van der Waals surface area contributed by atoms with Crippen LogP contribution in [0.2, 0.25) is 0 Å². The highest BCUT2D eigenvalue weighted by Crippen LogP contribution is 1.94. The van der Waals surface area contributed by atoms with Crippen LogP contribution in [0.4, 0.5) is 0 Å². The second-order valence-corrected chi connectivity index (χ2v) is 2.29. The van der Waals surface area contributed by atoms with Crippen LogP contribution in [0, 0.1) is 0 Å². The summed E-state index contributed by atoms with van der Waals surface area (Å²) in [4.78, 5) is 14.7. The van der Waals surface area contributed by atoms with Gasteiger partial charge in [0.1, 0.15) is 0 Å². The van der Waals surface area contributed by atoms with E-state index in [2.05, 4.69) is 11.6 Å². The largest absolute Gasteiger partial charge is 0.294 e. The second-order valence-electron chi connectivity index (χ2n) is 2.29. The maximum atomic E-state index is 10.8. The van der Waals surface area contributed by atoms with Gasteiger partial charge in [0.15, 0.2) is 5.78 Å². The van der Waals surface area contributed by atoms with Crippen molar-refractivity contribution in [1.29, 1.82) is 0 Å². The van der Waals surface area contributed by atoms with Crippen molar-refractivity contribution in [2.45, 2.75) is 20.8 Å². The smallest absolute Gasteiger partial charge is 0.161 e. The molecule has 0 atom stereocenters. The van der Waals surface area contributed by atoms with E-state index < -0.39 is 0 Å². The second kappa shape index (κ2) is 4.61. The third-order valence-corrected chi connectivity index (χ3v) is 1.14. The third kappa shape index (κ3) is 4.25. The van der Waals surface area contributed by atoms with Crippen LogP contribution in [0.25, 0.3) is 0 Å². The lowest BCUT2D eigenvalue weighted by molar-refractivity contribution is -0.113. The number of allylic oxidation sites excluding steroid dienone is 3. The molecule has 0 heterocycles. The summed E-state index contributed by atoms with van der Waals surface area (Å²) in [5.74, 6) is 0.0255. The van der Waals surface area contributed by atoms with Crippen LogP contribution < -0.4 is 0 Å². The summed E-state index contributed by atoms with van der Waals surface area (Å²) in [5.41, 5.74) is 1.32. The van der Waals surface area contributed by atoms with Crippen molar-refractivity contribution in [1.82, 2.24) is 0 Å². The van der Waals surface area contributed by atoms with E-state index in [9.17, 15) is 4.79 Å². The first-order valence-electron chi connectivity index (χ1n) is 3.44. The fourth-order valence-electron chi connectivity index (χ4n) is 0.548. The number of hydrogen-bond donors (Lipinski definition) is 0. The molecule has 0 saturated heterocycles. The Hall–Kier alpha value is -1.18. The summed E-state index contributed by atoms with van der Waals surface area (Å²) in [6.45, 7) is 8.69. The molecule has 0 aliphatic rings. The Kier molecular flexibility index (Phi) is 4.11. The lowest BCUT2D eigenvalue weighted by Crippen LogP contribution is -1.96. The molecular weight excluding hydrogens is 138 g/mol. The van der Waals surface area contributed by atoms with Crippen LogP contribution in [0.3, 0.4) is 0 Å². The zero-order chi connectivity index (χ0) is 8.85. The molecule has 0 aromatic carbocycles. The quantitative estimate of drug-likeness (QED) is 0.448. The summed E-state index contributed by atoms with van der Waals surface area (Å²) in [7, 11) is 0. The highest BCUT2D eigenvalue weighted by atomic mass is 16.1. The fraction of sp³-hybridized carbons (Fsp3) is 0.333. The van der Waals surface area contributed by atoms with E-state index in [0.29, 0.717) is 11.3 Å². The molecule has 0 bridgehead atoms. The van der Waals surface area contributed by atoms with Gasteiger partial charge >= 0.3 is 0 Å². The molecule has 0 rings (SSSR count). The Labute approximate surface area is 67.3 Å². The van der Waals surface area contributed by atoms with E-state index in [1.807, 2.05) is 0 Å². The number of nitrogens with zero attached hydrogens (tertiary/aromatic N) is 1. The first kappa shape index (κ1) is 9.82. The molecule has 0 fully saturated rings. The molecule has 60 valence electrons. The molecule has 0 amide bonds. The maximum Gasteiger partial charge on any atom is 0.161 e. The lowest BCUT2D eigenvalue weighted by atomic mass is 10.2. The van der Waals surface area contributed by atoms with Gasteiger partial charge in [0.25, 0.3) is 0 Å². The van der Waals surface area contributed by atoms with Gasteiger partial charge < -0.3 is 0 Å². The first-order chi connectivity index (χ1) is 5.07. The zero-order valence-corrected chi connectivity index (χ0v) is 7.22. The van der Waals surface area contributed by atoms with Gasteiger partial charge in [-0.3, -0.25) is 9.79 Å². The number of carbonyl (C=O) groups is 1. The van der Waals surface area contributed by atoms with Crippen LogP contribution in [-0.2, 0) is 4.79 Å². The molecule has 0 aromatic rings. The summed E-state index contributed by atoms with van der Waals surface area (Å²) in [5, 5.41) is 0. The fourth-order valence-corrected chi connectivity index (χ4v) is 0.548. The number of ketones is 1. The molecule has 0 aliphatic carbocycles. The Morgan fingerprint density at radius 1 is 1.45 bits per heavy atom. The average molecular weight is 151 g/mol. The van der Waals surface area contributed by atoms with Crippen LogP contribution >= 0.6 is 0 Å². The van der Waals surface area contributed by atoms with Crippen molar-refractivity contribution in [3.05, 3.63) is 23.9 Å². The van der Waals surface area contributed by atoms with Gasteiger partial charge in [0.05, 0.1) is 0 Å². The monoisotopic (exact) mass is 151 g/mol. The molecule has 0 aromatic heterocycles. The van der Waals surface area contributed by atoms with Gasteiger partial charge in [-0.1, -0.05) is 12.7 Å². The number of hydrogen-bond acceptors (Lipinski definition) is 2. The molecule has 0 unspecified atom stereocenters. The van der Waals surface area contributed by atoms with Crippen molar-refractivity contribution in [2.75, 3.05) is 0 Å². The van der Waals surface area contributed by atoms with Crippen molar-refractivity contribution < 1.29 is 4.79 Å². The maximum absolute atomic E-state index is 10.8. The van der Waals surface area contributed by atoms with Crippen LogP contribution in [0.5, 0.6) is 0 Å². The predicted octanol–water partition coefficient (Wildman–Crippen LogP) is 2.13. The van der Waals surface area contributed by atoms with Crippen LogP contribution in [0.1, 0.15) is 20.8 Å². The molecular formula is C9H13NO. The highest BCUT2D eigenvalue weighted by Gasteiger charge is 1.96. The molecule has 0 radical (unpaired) electrons. The molecule has 0 aliphatic heterocycles. The van der Waals surface area contributed by atoms with Gasteiger partial charge in [-0.25, -0.2) is 0 Å². The number of carbonyl (C=O) groups excluding carboxylic acids is 1. The Balaban J connectivity index is 4.34. The minimum absolute atomic E-state index is 0.0255. The summed E-state index contributed by atoms with van der Waals surface area (Å²) in [6.07, 6.45) is 3.26. The van der Waals surface area contributed by atoms with E-state index in [-0.39, 0.29) is 5.78 Å². The van der Waals surface area contributed by atoms with Crippen molar-refractivity contribution >= 4 is 12.0 Å². The normalized spacial score (nSPS) is 12.1. The van der Waals surface area contributed by atoms with E-state index in [0.717, 1.165) is 0 Å². The third-order valence-electron chi connectivity index (χ3n) is 1.14. The van der Waals surface area contributed by atoms with E-state index in [4.69, 9.17) is 0 Å². The number of Topliss-reactive ketones (excluding diaryl/α,β-unsaturated/α-hetero) is 1. The van der Waals surface area contributed by atoms with Crippen LogP contribution in [0.15, 0.2) is 28.9 Å².